The first-order chi connectivity index (χ1) is 5.56. The lowest BCUT2D eigenvalue weighted by Crippen LogP contribution is -2.18. The Kier molecular flexibility index (Phi) is 3.19. The second-order valence-electron chi connectivity index (χ2n) is 3.53. The van der Waals surface area contributed by atoms with Gasteiger partial charge in [-0.15, -0.1) is 11.6 Å². The zero-order valence-electron chi connectivity index (χ0n) is 7.27. The molecule has 0 aliphatic carbocycles. The fourth-order valence-corrected chi connectivity index (χ4v) is 1.54. The summed E-state index contributed by atoms with van der Waals surface area (Å²) in [7, 11) is 0. The molecule has 66 valence electrons. The highest BCUT2D eigenvalue weighted by Gasteiger charge is 2.18. The van der Waals surface area contributed by atoms with E-state index in [4.69, 9.17) is 11.6 Å². The van der Waals surface area contributed by atoms with E-state index >= 15 is 0 Å². The van der Waals surface area contributed by atoms with Crippen LogP contribution in [0.5, 0.6) is 0 Å². The number of halogens is 2. The van der Waals surface area contributed by atoms with E-state index in [1.165, 1.54) is 5.56 Å². The van der Waals surface area contributed by atoms with Crippen molar-refractivity contribution in [2.45, 2.75) is 19.3 Å². The Morgan fingerprint density at radius 2 is 2.08 bits per heavy atom. The van der Waals surface area contributed by atoms with Gasteiger partial charge in [-0.05, 0) is 17.7 Å². The summed E-state index contributed by atoms with van der Waals surface area (Å²) in [5, 5.41) is 0. The summed E-state index contributed by atoms with van der Waals surface area (Å²) in [6.45, 7) is 4.28. The quantitative estimate of drug-likeness (QED) is 0.694. The summed E-state index contributed by atoms with van der Waals surface area (Å²) >= 11 is 9.31. The van der Waals surface area contributed by atoms with E-state index in [-0.39, 0.29) is 5.41 Å². The lowest BCUT2D eigenvalue weighted by Gasteiger charge is -2.21. The lowest BCUT2D eigenvalue weighted by molar-refractivity contribution is 0.597. The molecule has 12 heavy (non-hydrogen) atoms. The van der Waals surface area contributed by atoms with Crippen LogP contribution in [0.15, 0.2) is 28.7 Å². The highest BCUT2D eigenvalue weighted by atomic mass is 79.9. The van der Waals surface area contributed by atoms with E-state index in [2.05, 4.69) is 41.9 Å². The minimum atomic E-state index is 0.0608. The Morgan fingerprint density at radius 3 is 2.58 bits per heavy atom. The van der Waals surface area contributed by atoms with Crippen LogP contribution in [0, 0.1) is 0 Å². The highest BCUT2D eigenvalue weighted by Crippen LogP contribution is 2.26. The predicted molar refractivity (Wildman–Crippen MR) is 57.9 cm³/mol. The maximum atomic E-state index is 5.86. The summed E-state index contributed by atoms with van der Waals surface area (Å²) < 4.78 is 1.11. The van der Waals surface area contributed by atoms with Crippen LogP contribution in [0.25, 0.3) is 0 Å². The molecule has 0 spiro atoms. The lowest BCUT2D eigenvalue weighted by atomic mass is 9.87. The van der Waals surface area contributed by atoms with Crippen molar-refractivity contribution >= 4 is 27.5 Å². The molecule has 0 unspecified atom stereocenters. The minimum Gasteiger partial charge on any atom is -0.126 e. The molecule has 0 amide bonds. The van der Waals surface area contributed by atoms with Crippen LogP contribution in [-0.2, 0) is 5.41 Å². The number of rotatable bonds is 2. The van der Waals surface area contributed by atoms with Gasteiger partial charge in [0.1, 0.15) is 0 Å². The van der Waals surface area contributed by atoms with Crippen LogP contribution in [0.2, 0.25) is 0 Å². The van der Waals surface area contributed by atoms with Crippen molar-refractivity contribution in [1.29, 1.82) is 0 Å². The maximum absolute atomic E-state index is 5.86. The molecule has 1 rings (SSSR count). The Morgan fingerprint density at radius 1 is 1.42 bits per heavy atom. The maximum Gasteiger partial charge on any atom is 0.0315 e. The molecule has 0 aliphatic rings. The van der Waals surface area contributed by atoms with E-state index in [1.54, 1.807) is 0 Å². The van der Waals surface area contributed by atoms with Gasteiger partial charge in [-0.2, -0.15) is 0 Å². The van der Waals surface area contributed by atoms with Crippen molar-refractivity contribution in [2.24, 2.45) is 0 Å². The molecule has 0 saturated heterocycles. The molecule has 0 nitrogen and oxygen atoms in total. The zero-order valence-corrected chi connectivity index (χ0v) is 9.61. The van der Waals surface area contributed by atoms with Gasteiger partial charge < -0.3 is 0 Å². The summed E-state index contributed by atoms with van der Waals surface area (Å²) in [4.78, 5) is 0. The highest BCUT2D eigenvalue weighted by molar-refractivity contribution is 9.10. The molecular weight excluding hydrogens is 235 g/mol. The van der Waals surface area contributed by atoms with Crippen LogP contribution in [0.1, 0.15) is 19.4 Å². The van der Waals surface area contributed by atoms with Gasteiger partial charge in [0.2, 0.25) is 0 Å². The average Bonchev–Trinajstić information content (AvgIpc) is 2.05. The summed E-state index contributed by atoms with van der Waals surface area (Å²) in [5.41, 5.74) is 1.33. The van der Waals surface area contributed by atoms with Crippen molar-refractivity contribution in [2.75, 3.05) is 5.88 Å². The molecular formula is C10H12BrCl. The molecule has 1 aromatic carbocycles. The second kappa shape index (κ2) is 3.80. The van der Waals surface area contributed by atoms with Crippen molar-refractivity contribution in [1.82, 2.24) is 0 Å². The van der Waals surface area contributed by atoms with Crippen molar-refractivity contribution in [3.05, 3.63) is 34.3 Å². The molecule has 0 saturated carbocycles. The molecule has 0 aliphatic heterocycles. The topological polar surface area (TPSA) is 0 Å². The third-order valence-corrected chi connectivity index (χ3v) is 3.10. The van der Waals surface area contributed by atoms with Gasteiger partial charge in [-0.25, -0.2) is 0 Å². The Hall–Kier alpha value is -0.0100. The molecule has 1 aromatic rings. The standard InChI is InChI=1S/C10H12BrCl/c1-10(2,7-12)8-4-3-5-9(11)6-8/h3-6H,7H2,1-2H3. The van der Waals surface area contributed by atoms with Crippen LogP contribution in [-0.4, -0.2) is 5.88 Å². The molecule has 0 radical (unpaired) electrons. The first kappa shape index (κ1) is 10.1. The third kappa shape index (κ3) is 2.24. The smallest absolute Gasteiger partial charge is 0.0315 e. The first-order valence-corrected chi connectivity index (χ1v) is 5.21. The number of alkyl halides is 1. The van der Waals surface area contributed by atoms with E-state index < -0.39 is 0 Å². The first-order valence-electron chi connectivity index (χ1n) is 3.88. The van der Waals surface area contributed by atoms with Gasteiger partial charge in [0, 0.05) is 15.8 Å². The predicted octanol–water partition coefficient (Wildman–Crippen LogP) is 3.97. The third-order valence-electron chi connectivity index (χ3n) is 1.94. The molecule has 0 atom stereocenters. The summed E-state index contributed by atoms with van der Waals surface area (Å²) in [5.74, 6) is 0.642. The monoisotopic (exact) mass is 246 g/mol. The number of hydrogen-bond acceptors (Lipinski definition) is 0. The van der Waals surface area contributed by atoms with Crippen LogP contribution < -0.4 is 0 Å². The summed E-state index contributed by atoms with van der Waals surface area (Å²) in [6, 6.07) is 8.27. The van der Waals surface area contributed by atoms with Crippen LogP contribution in [0.3, 0.4) is 0 Å². The van der Waals surface area contributed by atoms with Crippen molar-refractivity contribution in [3.8, 4) is 0 Å². The van der Waals surface area contributed by atoms with Crippen molar-refractivity contribution in [3.63, 3.8) is 0 Å². The Labute approximate surface area is 87.1 Å². The number of benzene rings is 1. The Balaban J connectivity index is 3.03. The SMILES string of the molecule is CC(C)(CCl)c1cccc(Br)c1. The van der Waals surface area contributed by atoms with E-state index in [0.717, 1.165) is 4.47 Å². The van der Waals surface area contributed by atoms with Crippen LogP contribution >= 0.6 is 27.5 Å². The van der Waals surface area contributed by atoms with E-state index in [1.807, 2.05) is 12.1 Å². The summed E-state index contributed by atoms with van der Waals surface area (Å²) in [6.07, 6.45) is 0. The van der Waals surface area contributed by atoms with Crippen molar-refractivity contribution < 1.29 is 0 Å². The van der Waals surface area contributed by atoms with Gasteiger partial charge in [0.25, 0.3) is 0 Å². The van der Waals surface area contributed by atoms with Gasteiger partial charge in [0.05, 0.1) is 0 Å². The van der Waals surface area contributed by atoms with E-state index in [9.17, 15) is 0 Å². The molecule has 0 fully saturated rings. The van der Waals surface area contributed by atoms with Gasteiger partial charge in [-0.3, -0.25) is 0 Å². The molecule has 0 bridgehead atoms. The zero-order chi connectivity index (χ0) is 9.19. The van der Waals surface area contributed by atoms with Crippen LogP contribution in [0.4, 0.5) is 0 Å². The fraction of sp³-hybridized carbons (Fsp3) is 0.400. The largest absolute Gasteiger partial charge is 0.126 e. The van der Waals surface area contributed by atoms with Gasteiger partial charge in [0.15, 0.2) is 0 Å². The fourth-order valence-electron chi connectivity index (χ4n) is 0.987. The molecule has 0 aromatic heterocycles. The van der Waals surface area contributed by atoms with E-state index in [0.29, 0.717) is 5.88 Å². The molecule has 0 heterocycles. The average molecular weight is 248 g/mol. The van der Waals surface area contributed by atoms with Gasteiger partial charge >= 0.3 is 0 Å². The van der Waals surface area contributed by atoms with Gasteiger partial charge in [-0.1, -0.05) is 41.9 Å². The Bertz CT molecular complexity index is 268. The molecule has 2 heteroatoms. The number of hydrogen-bond donors (Lipinski definition) is 0. The second-order valence-corrected chi connectivity index (χ2v) is 4.71. The molecule has 0 N–H and O–H groups in total. The minimum absolute atomic E-state index is 0.0608. The normalized spacial score (nSPS) is 11.7.